The first kappa shape index (κ1) is 14.6. The molecular weight excluding hydrogens is 272 g/mol. The Morgan fingerprint density at radius 2 is 1.76 bits per heavy atom. The van der Waals surface area contributed by atoms with Gasteiger partial charge in [-0.15, -0.1) is 0 Å². The molecular formula is C16H14O5. The van der Waals surface area contributed by atoms with Crippen LogP contribution in [0.15, 0.2) is 42.5 Å². The van der Waals surface area contributed by atoms with E-state index < -0.39 is 11.9 Å². The van der Waals surface area contributed by atoms with E-state index in [-0.39, 0.29) is 17.7 Å². The molecule has 0 radical (unpaired) electrons. The van der Waals surface area contributed by atoms with Crippen molar-refractivity contribution in [3.05, 3.63) is 59.2 Å². The lowest BCUT2D eigenvalue weighted by Gasteiger charge is -2.12. The average molecular weight is 286 g/mol. The smallest absolute Gasteiger partial charge is 0.339 e. The van der Waals surface area contributed by atoms with Gasteiger partial charge in [-0.05, 0) is 36.2 Å². The third-order valence-electron chi connectivity index (χ3n) is 2.95. The number of hydrogen-bond acceptors (Lipinski definition) is 3. The zero-order valence-electron chi connectivity index (χ0n) is 11.4. The topological polar surface area (TPSA) is 83.8 Å². The molecule has 0 saturated carbocycles. The van der Waals surface area contributed by atoms with Gasteiger partial charge in [0.1, 0.15) is 17.1 Å². The van der Waals surface area contributed by atoms with Crippen LogP contribution in [0.4, 0.5) is 0 Å². The van der Waals surface area contributed by atoms with Crippen molar-refractivity contribution in [1.29, 1.82) is 0 Å². The van der Waals surface area contributed by atoms with Gasteiger partial charge in [0.25, 0.3) is 0 Å². The highest BCUT2D eigenvalue weighted by Gasteiger charge is 2.14. The molecule has 2 aromatic rings. The molecule has 0 saturated heterocycles. The number of rotatable bonds is 5. The van der Waals surface area contributed by atoms with E-state index in [0.717, 1.165) is 5.56 Å². The first-order valence-electron chi connectivity index (χ1n) is 6.29. The summed E-state index contributed by atoms with van der Waals surface area (Å²) in [7, 11) is 0. The summed E-state index contributed by atoms with van der Waals surface area (Å²) in [6.45, 7) is 1.84. The maximum atomic E-state index is 11.2. The predicted octanol–water partition coefficient (Wildman–Crippen LogP) is 3.11. The summed E-state index contributed by atoms with van der Waals surface area (Å²) in [6, 6.07) is 11.5. The molecule has 108 valence electrons. The van der Waals surface area contributed by atoms with Gasteiger partial charge in [0.2, 0.25) is 0 Å². The molecule has 0 aromatic heterocycles. The van der Waals surface area contributed by atoms with Crippen LogP contribution in [-0.2, 0) is 11.2 Å². The number of carboxylic acid groups (broad SMARTS) is 2. The van der Waals surface area contributed by atoms with Crippen molar-refractivity contribution in [3.63, 3.8) is 0 Å². The van der Waals surface area contributed by atoms with Crippen molar-refractivity contribution in [2.45, 2.75) is 13.3 Å². The molecule has 0 amide bonds. The molecule has 0 aliphatic rings. The fourth-order valence-electron chi connectivity index (χ4n) is 1.90. The Balaban J connectivity index is 2.41. The van der Waals surface area contributed by atoms with Crippen LogP contribution in [0.5, 0.6) is 11.5 Å². The van der Waals surface area contributed by atoms with E-state index in [9.17, 15) is 14.7 Å². The van der Waals surface area contributed by atoms with Crippen LogP contribution in [0.3, 0.4) is 0 Å². The summed E-state index contributed by atoms with van der Waals surface area (Å²) in [5.41, 5.74) is 1.33. The first-order valence-corrected chi connectivity index (χ1v) is 6.29. The summed E-state index contributed by atoms with van der Waals surface area (Å²) in [6.07, 6.45) is -0.190. The Morgan fingerprint density at radius 3 is 2.38 bits per heavy atom. The summed E-state index contributed by atoms with van der Waals surface area (Å²) in [4.78, 5) is 22.0. The van der Waals surface area contributed by atoms with E-state index in [2.05, 4.69) is 0 Å². The van der Waals surface area contributed by atoms with Gasteiger partial charge in [-0.25, -0.2) is 4.79 Å². The third-order valence-corrected chi connectivity index (χ3v) is 2.95. The number of aryl methyl sites for hydroxylation is 1. The quantitative estimate of drug-likeness (QED) is 0.882. The largest absolute Gasteiger partial charge is 0.481 e. The monoisotopic (exact) mass is 286 g/mol. The van der Waals surface area contributed by atoms with E-state index in [4.69, 9.17) is 9.84 Å². The highest BCUT2D eigenvalue weighted by Crippen LogP contribution is 2.29. The average Bonchev–Trinajstić information content (AvgIpc) is 2.40. The number of aromatic carboxylic acids is 1. The standard InChI is InChI=1S/C16H14O5/c1-10-4-2-3-5-13(10)21-14-8-11(9-15(17)18)6-7-12(14)16(19)20/h2-8H,9H2,1H3,(H,17,18)(H,19,20). The van der Waals surface area contributed by atoms with E-state index in [0.29, 0.717) is 11.3 Å². The molecule has 0 bridgehead atoms. The van der Waals surface area contributed by atoms with Gasteiger partial charge in [-0.1, -0.05) is 24.3 Å². The van der Waals surface area contributed by atoms with Gasteiger partial charge in [0.15, 0.2) is 0 Å². The molecule has 0 atom stereocenters. The lowest BCUT2D eigenvalue weighted by Crippen LogP contribution is -2.04. The minimum atomic E-state index is -1.12. The van der Waals surface area contributed by atoms with Gasteiger partial charge < -0.3 is 14.9 Å². The van der Waals surface area contributed by atoms with Gasteiger partial charge in [-0.2, -0.15) is 0 Å². The van der Waals surface area contributed by atoms with Crippen LogP contribution >= 0.6 is 0 Å². The van der Waals surface area contributed by atoms with Crippen molar-refractivity contribution < 1.29 is 24.5 Å². The molecule has 2 rings (SSSR count). The Morgan fingerprint density at radius 1 is 1.05 bits per heavy atom. The number of para-hydroxylation sites is 1. The molecule has 0 aliphatic heterocycles. The Kier molecular flexibility index (Phi) is 4.23. The van der Waals surface area contributed by atoms with Crippen molar-refractivity contribution in [1.82, 2.24) is 0 Å². The van der Waals surface area contributed by atoms with Gasteiger partial charge in [-0.3, -0.25) is 4.79 Å². The van der Waals surface area contributed by atoms with Gasteiger partial charge >= 0.3 is 11.9 Å². The highest BCUT2D eigenvalue weighted by molar-refractivity contribution is 5.91. The fourth-order valence-corrected chi connectivity index (χ4v) is 1.90. The lowest BCUT2D eigenvalue weighted by molar-refractivity contribution is -0.136. The highest BCUT2D eigenvalue weighted by atomic mass is 16.5. The molecule has 0 spiro atoms. The van der Waals surface area contributed by atoms with Crippen LogP contribution in [-0.4, -0.2) is 22.2 Å². The number of ether oxygens (including phenoxy) is 1. The number of benzene rings is 2. The normalized spacial score (nSPS) is 10.1. The Labute approximate surface area is 121 Å². The molecule has 0 aliphatic carbocycles. The first-order chi connectivity index (χ1) is 9.97. The SMILES string of the molecule is Cc1ccccc1Oc1cc(CC(=O)O)ccc1C(=O)O. The number of carboxylic acids is 2. The van der Waals surface area contributed by atoms with Crippen molar-refractivity contribution >= 4 is 11.9 Å². The van der Waals surface area contributed by atoms with Crippen molar-refractivity contribution in [2.24, 2.45) is 0 Å². The van der Waals surface area contributed by atoms with Gasteiger partial charge in [0.05, 0.1) is 6.42 Å². The maximum absolute atomic E-state index is 11.2. The number of carbonyl (C=O) groups is 2. The molecule has 5 heteroatoms. The van der Waals surface area contributed by atoms with Crippen LogP contribution < -0.4 is 4.74 Å². The van der Waals surface area contributed by atoms with Crippen LogP contribution in [0.2, 0.25) is 0 Å². The molecule has 2 aromatic carbocycles. The minimum Gasteiger partial charge on any atom is -0.481 e. The zero-order valence-corrected chi connectivity index (χ0v) is 11.4. The summed E-state index contributed by atoms with van der Waals surface area (Å²) < 4.78 is 5.65. The number of aliphatic carboxylic acids is 1. The molecule has 2 N–H and O–H groups in total. The second-order valence-electron chi connectivity index (χ2n) is 4.57. The Hall–Kier alpha value is -2.82. The number of hydrogen-bond donors (Lipinski definition) is 2. The summed E-state index contributed by atoms with van der Waals surface area (Å²) >= 11 is 0. The predicted molar refractivity (Wildman–Crippen MR) is 76.0 cm³/mol. The molecule has 0 heterocycles. The van der Waals surface area contributed by atoms with Crippen molar-refractivity contribution in [2.75, 3.05) is 0 Å². The maximum Gasteiger partial charge on any atom is 0.339 e. The summed E-state index contributed by atoms with van der Waals surface area (Å²) in [5.74, 6) is -1.44. The van der Waals surface area contributed by atoms with Crippen LogP contribution in [0.1, 0.15) is 21.5 Å². The minimum absolute atomic E-state index is 0.00704. The van der Waals surface area contributed by atoms with Crippen LogP contribution in [0.25, 0.3) is 0 Å². The van der Waals surface area contributed by atoms with E-state index in [1.165, 1.54) is 18.2 Å². The zero-order chi connectivity index (χ0) is 15.4. The molecule has 0 fully saturated rings. The second kappa shape index (κ2) is 6.09. The van der Waals surface area contributed by atoms with Crippen LogP contribution in [0, 0.1) is 6.92 Å². The Bertz CT molecular complexity index is 691. The van der Waals surface area contributed by atoms with Gasteiger partial charge in [0, 0.05) is 0 Å². The fraction of sp³-hybridized carbons (Fsp3) is 0.125. The second-order valence-corrected chi connectivity index (χ2v) is 4.57. The van der Waals surface area contributed by atoms with E-state index in [1.54, 1.807) is 12.1 Å². The lowest BCUT2D eigenvalue weighted by atomic mass is 10.1. The van der Waals surface area contributed by atoms with E-state index >= 15 is 0 Å². The van der Waals surface area contributed by atoms with Crippen molar-refractivity contribution in [3.8, 4) is 11.5 Å². The third kappa shape index (κ3) is 3.60. The molecule has 5 nitrogen and oxygen atoms in total. The molecule has 21 heavy (non-hydrogen) atoms. The van der Waals surface area contributed by atoms with E-state index in [1.807, 2.05) is 19.1 Å². The molecule has 0 unspecified atom stereocenters. The summed E-state index contributed by atoms with van der Waals surface area (Å²) in [5, 5.41) is 18.0.